The van der Waals surface area contributed by atoms with E-state index < -0.39 is 0 Å². The topological polar surface area (TPSA) is 73.8 Å². The molecule has 0 amide bonds. The number of hydrogen-bond acceptors (Lipinski definition) is 6. The summed E-state index contributed by atoms with van der Waals surface area (Å²) in [5, 5.41) is 9.13. The average molecular weight is 330 g/mol. The molecular weight excluding hydrogens is 312 g/mol. The van der Waals surface area contributed by atoms with Crippen LogP contribution in [-0.4, -0.2) is 19.7 Å². The summed E-state index contributed by atoms with van der Waals surface area (Å²) in [5.41, 5.74) is 0.704. The van der Waals surface area contributed by atoms with Gasteiger partial charge in [-0.2, -0.15) is 0 Å². The van der Waals surface area contributed by atoms with Crippen molar-refractivity contribution in [2.75, 3.05) is 0 Å². The molecule has 7 heteroatoms. The van der Waals surface area contributed by atoms with Crippen LogP contribution in [0.5, 0.6) is 0 Å². The van der Waals surface area contributed by atoms with E-state index in [4.69, 9.17) is 4.42 Å². The molecule has 0 aliphatic heterocycles. The Bertz CT molecular complexity index is 887. The van der Waals surface area contributed by atoms with Crippen molar-refractivity contribution in [1.29, 1.82) is 0 Å². The standard InChI is InChI=1S/C16H18N4O2S/c1-4-10(2)20-15(21)12-7-5-6-8-13(12)17-16(20)23-9-14-19-18-11(3)22-14/h5-8,10H,4,9H2,1-3H3/t10-/m0/s1. The highest BCUT2D eigenvalue weighted by Gasteiger charge is 2.16. The smallest absolute Gasteiger partial charge is 0.262 e. The highest BCUT2D eigenvalue weighted by atomic mass is 32.2. The largest absolute Gasteiger partial charge is 0.425 e. The van der Waals surface area contributed by atoms with Gasteiger partial charge in [-0.15, -0.1) is 10.2 Å². The van der Waals surface area contributed by atoms with E-state index in [1.165, 1.54) is 11.8 Å². The van der Waals surface area contributed by atoms with Gasteiger partial charge in [0.25, 0.3) is 5.56 Å². The van der Waals surface area contributed by atoms with Gasteiger partial charge in [0.2, 0.25) is 11.8 Å². The molecule has 0 N–H and O–H groups in total. The second kappa shape index (κ2) is 6.54. The Hall–Kier alpha value is -2.15. The van der Waals surface area contributed by atoms with Crippen LogP contribution in [0.3, 0.4) is 0 Å². The summed E-state index contributed by atoms with van der Waals surface area (Å²) >= 11 is 1.44. The number of fused-ring (bicyclic) bond motifs is 1. The average Bonchev–Trinajstić information content (AvgIpc) is 2.98. The number of para-hydroxylation sites is 1. The molecule has 0 aliphatic carbocycles. The van der Waals surface area contributed by atoms with Crippen LogP contribution in [0.25, 0.3) is 10.9 Å². The SMILES string of the molecule is CC[C@H](C)n1c(SCc2nnc(C)o2)nc2ccccc2c1=O. The van der Waals surface area contributed by atoms with Gasteiger partial charge in [-0.25, -0.2) is 4.98 Å². The lowest BCUT2D eigenvalue weighted by Crippen LogP contribution is -2.26. The lowest BCUT2D eigenvalue weighted by molar-refractivity contribution is 0.466. The minimum atomic E-state index is -0.00541. The molecule has 0 aliphatic rings. The molecule has 0 saturated carbocycles. The molecule has 0 spiro atoms. The number of hydrogen-bond donors (Lipinski definition) is 0. The lowest BCUT2D eigenvalue weighted by Gasteiger charge is -2.17. The maximum atomic E-state index is 12.8. The van der Waals surface area contributed by atoms with Gasteiger partial charge in [0.05, 0.1) is 16.7 Å². The van der Waals surface area contributed by atoms with Gasteiger partial charge in [-0.05, 0) is 25.5 Å². The van der Waals surface area contributed by atoms with E-state index in [0.29, 0.717) is 33.6 Å². The molecule has 120 valence electrons. The molecule has 3 aromatic rings. The first-order chi connectivity index (χ1) is 11.1. The summed E-state index contributed by atoms with van der Waals surface area (Å²) in [6.07, 6.45) is 0.854. The molecule has 0 saturated heterocycles. The zero-order chi connectivity index (χ0) is 16.4. The van der Waals surface area contributed by atoms with Crippen molar-refractivity contribution in [2.24, 2.45) is 0 Å². The molecule has 23 heavy (non-hydrogen) atoms. The minimum Gasteiger partial charge on any atom is -0.425 e. The number of aromatic nitrogens is 4. The molecule has 0 fully saturated rings. The van der Waals surface area contributed by atoms with Gasteiger partial charge >= 0.3 is 0 Å². The monoisotopic (exact) mass is 330 g/mol. The maximum absolute atomic E-state index is 12.8. The fourth-order valence-corrected chi connectivity index (χ4v) is 3.25. The van der Waals surface area contributed by atoms with Crippen LogP contribution in [0, 0.1) is 6.92 Å². The van der Waals surface area contributed by atoms with Crippen molar-refractivity contribution < 1.29 is 4.42 Å². The summed E-state index contributed by atoms with van der Waals surface area (Å²) in [7, 11) is 0. The molecular formula is C16H18N4O2S. The Morgan fingerprint density at radius 3 is 2.78 bits per heavy atom. The third-order valence-corrected chi connectivity index (χ3v) is 4.64. The first-order valence-corrected chi connectivity index (χ1v) is 8.51. The van der Waals surface area contributed by atoms with E-state index in [0.717, 1.165) is 6.42 Å². The van der Waals surface area contributed by atoms with Gasteiger partial charge < -0.3 is 4.42 Å². The predicted molar refractivity (Wildman–Crippen MR) is 89.6 cm³/mol. The number of thioether (sulfide) groups is 1. The Labute approximate surface area is 137 Å². The van der Waals surface area contributed by atoms with Crippen molar-refractivity contribution in [3.05, 3.63) is 46.4 Å². The lowest BCUT2D eigenvalue weighted by atomic mass is 10.2. The summed E-state index contributed by atoms with van der Waals surface area (Å²) < 4.78 is 7.15. The summed E-state index contributed by atoms with van der Waals surface area (Å²) in [6, 6.07) is 7.50. The van der Waals surface area contributed by atoms with E-state index in [-0.39, 0.29) is 11.6 Å². The number of nitrogens with zero attached hydrogens (tertiary/aromatic N) is 4. The van der Waals surface area contributed by atoms with Gasteiger partial charge in [-0.1, -0.05) is 30.8 Å². The van der Waals surface area contributed by atoms with Crippen LogP contribution >= 0.6 is 11.8 Å². The van der Waals surface area contributed by atoms with Gasteiger partial charge in [0.15, 0.2) is 5.16 Å². The first kappa shape index (κ1) is 15.7. The van der Waals surface area contributed by atoms with Gasteiger partial charge in [0.1, 0.15) is 0 Å². The fourth-order valence-electron chi connectivity index (χ4n) is 2.32. The summed E-state index contributed by atoms with van der Waals surface area (Å²) in [6.45, 7) is 5.84. The zero-order valence-electron chi connectivity index (χ0n) is 13.3. The highest BCUT2D eigenvalue weighted by molar-refractivity contribution is 7.98. The third kappa shape index (κ3) is 3.14. The second-order valence-corrected chi connectivity index (χ2v) is 6.29. The molecule has 0 radical (unpaired) electrons. The molecule has 3 rings (SSSR count). The van der Waals surface area contributed by atoms with E-state index in [9.17, 15) is 4.79 Å². The fraction of sp³-hybridized carbons (Fsp3) is 0.375. The Balaban J connectivity index is 2.04. The number of aryl methyl sites for hydroxylation is 1. The number of rotatable bonds is 5. The van der Waals surface area contributed by atoms with Crippen LogP contribution in [0.15, 0.2) is 38.6 Å². The Morgan fingerprint density at radius 2 is 2.09 bits per heavy atom. The van der Waals surface area contributed by atoms with Crippen molar-refractivity contribution in [3.63, 3.8) is 0 Å². The minimum absolute atomic E-state index is 0.00541. The quantitative estimate of drug-likeness (QED) is 0.527. The molecule has 1 aromatic carbocycles. The molecule has 0 bridgehead atoms. The molecule has 0 unspecified atom stereocenters. The highest BCUT2D eigenvalue weighted by Crippen LogP contribution is 2.24. The van der Waals surface area contributed by atoms with Crippen molar-refractivity contribution in [3.8, 4) is 0 Å². The van der Waals surface area contributed by atoms with E-state index >= 15 is 0 Å². The first-order valence-electron chi connectivity index (χ1n) is 7.53. The van der Waals surface area contributed by atoms with Crippen molar-refractivity contribution in [2.45, 2.75) is 44.1 Å². The zero-order valence-corrected chi connectivity index (χ0v) is 14.1. The van der Waals surface area contributed by atoms with E-state index in [2.05, 4.69) is 22.1 Å². The van der Waals surface area contributed by atoms with Gasteiger partial charge in [-0.3, -0.25) is 9.36 Å². The van der Waals surface area contributed by atoms with Crippen LogP contribution in [0.2, 0.25) is 0 Å². The van der Waals surface area contributed by atoms with Crippen molar-refractivity contribution >= 4 is 22.7 Å². The Kier molecular flexibility index (Phi) is 4.47. The van der Waals surface area contributed by atoms with Gasteiger partial charge in [0, 0.05) is 13.0 Å². The maximum Gasteiger partial charge on any atom is 0.262 e. The second-order valence-electron chi connectivity index (χ2n) is 5.35. The van der Waals surface area contributed by atoms with E-state index in [1.54, 1.807) is 11.5 Å². The van der Waals surface area contributed by atoms with Crippen LogP contribution in [0.4, 0.5) is 0 Å². The van der Waals surface area contributed by atoms with Crippen LogP contribution < -0.4 is 5.56 Å². The van der Waals surface area contributed by atoms with Crippen LogP contribution in [-0.2, 0) is 5.75 Å². The predicted octanol–water partition coefficient (Wildman–Crippen LogP) is 3.35. The molecule has 1 atom stereocenters. The molecule has 6 nitrogen and oxygen atoms in total. The van der Waals surface area contributed by atoms with E-state index in [1.807, 2.05) is 31.2 Å². The molecule has 2 heterocycles. The third-order valence-electron chi connectivity index (χ3n) is 3.70. The summed E-state index contributed by atoms with van der Waals surface area (Å²) in [5.74, 6) is 1.55. The Morgan fingerprint density at radius 1 is 1.30 bits per heavy atom. The normalized spacial score (nSPS) is 12.7. The number of benzene rings is 1. The van der Waals surface area contributed by atoms with Crippen LogP contribution in [0.1, 0.15) is 38.1 Å². The molecule has 2 aromatic heterocycles. The van der Waals surface area contributed by atoms with Crippen molar-refractivity contribution in [1.82, 2.24) is 19.7 Å². The summed E-state index contributed by atoms with van der Waals surface area (Å²) in [4.78, 5) is 17.5.